The zero-order valence-electron chi connectivity index (χ0n) is 9.83. The molecule has 1 aliphatic heterocycles. The van der Waals surface area contributed by atoms with Crippen molar-refractivity contribution in [2.45, 2.75) is 33.1 Å². The molecule has 90 valence electrons. The molecule has 0 saturated carbocycles. The van der Waals surface area contributed by atoms with E-state index in [-0.39, 0.29) is 0 Å². The lowest BCUT2D eigenvalue weighted by Gasteiger charge is -2.22. The van der Waals surface area contributed by atoms with E-state index in [0.29, 0.717) is 17.4 Å². The van der Waals surface area contributed by atoms with Crippen LogP contribution in [0.25, 0.3) is 0 Å². The van der Waals surface area contributed by atoms with Gasteiger partial charge in [0, 0.05) is 0 Å². The fourth-order valence-corrected chi connectivity index (χ4v) is 3.41. The summed E-state index contributed by atoms with van der Waals surface area (Å²) in [5.74, 6) is 2.07. The second-order valence-corrected chi connectivity index (χ2v) is 7.07. The van der Waals surface area contributed by atoms with E-state index in [4.69, 9.17) is 0 Å². The maximum Gasteiger partial charge on any atom is 0.150 e. The zero-order valence-corrected chi connectivity index (χ0v) is 10.6. The molecule has 1 rings (SSSR count). The molecule has 1 fully saturated rings. The van der Waals surface area contributed by atoms with Gasteiger partial charge in [-0.1, -0.05) is 20.3 Å². The van der Waals surface area contributed by atoms with Crippen LogP contribution < -0.4 is 5.32 Å². The predicted molar refractivity (Wildman–Crippen MR) is 63.7 cm³/mol. The van der Waals surface area contributed by atoms with Gasteiger partial charge in [-0.25, -0.2) is 8.42 Å². The molecular formula is C11H23NO2S. The molecule has 0 aromatic carbocycles. The van der Waals surface area contributed by atoms with Gasteiger partial charge in [0.1, 0.15) is 9.84 Å². The lowest BCUT2D eigenvalue weighted by atomic mass is 10.0. The van der Waals surface area contributed by atoms with Gasteiger partial charge in [0.15, 0.2) is 0 Å². The highest BCUT2D eigenvalue weighted by Gasteiger charge is 2.22. The van der Waals surface area contributed by atoms with Crippen molar-refractivity contribution in [1.82, 2.24) is 5.32 Å². The van der Waals surface area contributed by atoms with Gasteiger partial charge in [-0.3, -0.25) is 0 Å². The molecule has 4 heteroatoms. The van der Waals surface area contributed by atoms with Crippen LogP contribution in [-0.4, -0.2) is 33.0 Å². The molecule has 0 aromatic rings. The minimum Gasteiger partial charge on any atom is -0.316 e. The lowest BCUT2D eigenvalue weighted by molar-refractivity contribution is 0.406. The Kier molecular flexibility index (Phi) is 5.06. The molecular weight excluding hydrogens is 210 g/mol. The second kappa shape index (κ2) is 5.85. The van der Waals surface area contributed by atoms with Crippen LogP contribution in [0, 0.1) is 11.8 Å². The minimum atomic E-state index is -2.69. The van der Waals surface area contributed by atoms with Crippen molar-refractivity contribution in [3.8, 4) is 0 Å². The fraction of sp³-hybridized carbons (Fsp3) is 1.00. The van der Waals surface area contributed by atoms with Crippen LogP contribution in [0.1, 0.15) is 33.1 Å². The fourth-order valence-electron chi connectivity index (χ4n) is 1.82. The Morgan fingerprint density at radius 2 is 1.93 bits per heavy atom. The lowest BCUT2D eigenvalue weighted by Crippen LogP contribution is -2.32. The predicted octanol–water partition coefficient (Wildman–Crippen LogP) is 1.45. The molecule has 0 bridgehead atoms. The Morgan fingerprint density at radius 1 is 1.33 bits per heavy atom. The average molecular weight is 233 g/mol. The molecule has 1 saturated heterocycles. The molecule has 0 spiro atoms. The van der Waals surface area contributed by atoms with Gasteiger partial charge in [0.2, 0.25) is 0 Å². The Balaban J connectivity index is 2.14. The third-order valence-corrected chi connectivity index (χ3v) is 5.01. The smallest absolute Gasteiger partial charge is 0.150 e. The van der Waals surface area contributed by atoms with Crippen LogP contribution in [0.3, 0.4) is 0 Å². The Labute approximate surface area is 93.6 Å². The SMILES string of the molecule is CCC(C)CNCC1CCS(=O)(=O)CC1. The summed E-state index contributed by atoms with van der Waals surface area (Å²) in [5, 5.41) is 3.44. The molecule has 1 atom stereocenters. The first-order valence-corrected chi connectivity index (χ1v) is 7.76. The average Bonchev–Trinajstić information content (AvgIpc) is 2.20. The number of sulfone groups is 1. The molecule has 0 amide bonds. The maximum atomic E-state index is 11.2. The van der Waals surface area contributed by atoms with Crippen molar-refractivity contribution < 1.29 is 8.42 Å². The highest BCUT2D eigenvalue weighted by Crippen LogP contribution is 2.17. The molecule has 0 radical (unpaired) electrons. The van der Waals surface area contributed by atoms with Crippen LogP contribution >= 0.6 is 0 Å². The maximum absolute atomic E-state index is 11.2. The molecule has 3 nitrogen and oxygen atoms in total. The first-order valence-electron chi connectivity index (χ1n) is 5.94. The van der Waals surface area contributed by atoms with Crippen LogP contribution in [0.5, 0.6) is 0 Å². The first-order chi connectivity index (χ1) is 7.03. The highest BCUT2D eigenvalue weighted by atomic mass is 32.2. The van der Waals surface area contributed by atoms with Crippen LogP contribution in [-0.2, 0) is 9.84 Å². The van der Waals surface area contributed by atoms with Gasteiger partial charge >= 0.3 is 0 Å². The third-order valence-electron chi connectivity index (χ3n) is 3.30. The minimum absolute atomic E-state index is 0.392. The summed E-state index contributed by atoms with van der Waals surface area (Å²) >= 11 is 0. The second-order valence-electron chi connectivity index (χ2n) is 4.77. The Bertz CT molecular complexity index is 260. The zero-order chi connectivity index (χ0) is 11.3. The summed E-state index contributed by atoms with van der Waals surface area (Å²) in [6, 6.07) is 0. The summed E-state index contributed by atoms with van der Waals surface area (Å²) in [7, 11) is -2.69. The monoisotopic (exact) mass is 233 g/mol. The summed E-state index contributed by atoms with van der Waals surface area (Å²) < 4.78 is 22.4. The Hall–Kier alpha value is -0.0900. The van der Waals surface area contributed by atoms with E-state index in [0.717, 1.165) is 31.8 Å². The van der Waals surface area contributed by atoms with Crippen molar-refractivity contribution in [3.05, 3.63) is 0 Å². The van der Waals surface area contributed by atoms with E-state index in [1.54, 1.807) is 0 Å². The van der Waals surface area contributed by atoms with E-state index in [1.807, 2.05) is 0 Å². The number of hydrogen-bond acceptors (Lipinski definition) is 3. The van der Waals surface area contributed by atoms with E-state index >= 15 is 0 Å². The number of rotatable bonds is 5. The van der Waals surface area contributed by atoms with Gasteiger partial charge in [-0.05, 0) is 37.8 Å². The molecule has 15 heavy (non-hydrogen) atoms. The molecule has 1 aliphatic rings. The van der Waals surface area contributed by atoms with Crippen molar-refractivity contribution >= 4 is 9.84 Å². The highest BCUT2D eigenvalue weighted by molar-refractivity contribution is 7.91. The third kappa shape index (κ3) is 4.98. The molecule has 1 unspecified atom stereocenters. The van der Waals surface area contributed by atoms with Crippen molar-refractivity contribution in [2.24, 2.45) is 11.8 Å². The van der Waals surface area contributed by atoms with Gasteiger partial charge < -0.3 is 5.32 Å². The van der Waals surface area contributed by atoms with E-state index in [2.05, 4.69) is 19.2 Å². The standard InChI is InChI=1S/C11H23NO2S/c1-3-10(2)8-12-9-11-4-6-15(13,14)7-5-11/h10-12H,3-9H2,1-2H3. The van der Waals surface area contributed by atoms with Gasteiger partial charge in [-0.2, -0.15) is 0 Å². The van der Waals surface area contributed by atoms with Gasteiger partial charge in [0.25, 0.3) is 0 Å². The first kappa shape index (κ1) is 13.0. The van der Waals surface area contributed by atoms with Crippen LogP contribution in [0.4, 0.5) is 0 Å². The van der Waals surface area contributed by atoms with Crippen molar-refractivity contribution in [1.29, 1.82) is 0 Å². The van der Waals surface area contributed by atoms with Crippen LogP contribution in [0.2, 0.25) is 0 Å². The molecule has 1 N–H and O–H groups in total. The van der Waals surface area contributed by atoms with Crippen LogP contribution in [0.15, 0.2) is 0 Å². The van der Waals surface area contributed by atoms with Gasteiger partial charge in [-0.15, -0.1) is 0 Å². The van der Waals surface area contributed by atoms with Crippen molar-refractivity contribution in [2.75, 3.05) is 24.6 Å². The quantitative estimate of drug-likeness (QED) is 0.782. The number of hydrogen-bond donors (Lipinski definition) is 1. The van der Waals surface area contributed by atoms with E-state index in [9.17, 15) is 8.42 Å². The van der Waals surface area contributed by atoms with E-state index in [1.165, 1.54) is 6.42 Å². The molecule has 0 aromatic heterocycles. The summed E-state index contributed by atoms with van der Waals surface area (Å²) in [6.45, 7) is 6.47. The van der Waals surface area contributed by atoms with Gasteiger partial charge in [0.05, 0.1) is 11.5 Å². The largest absolute Gasteiger partial charge is 0.316 e. The molecule has 1 heterocycles. The topological polar surface area (TPSA) is 46.2 Å². The normalized spacial score (nSPS) is 23.9. The Morgan fingerprint density at radius 3 is 2.47 bits per heavy atom. The summed E-state index contributed by atoms with van der Waals surface area (Å²) in [6.07, 6.45) is 2.89. The van der Waals surface area contributed by atoms with Crippen molar-refractivity contribution in [3.63, 3.8) is 0 Å². The van der Waals surface area contributed by atoms with E-state index < -0.39 is 9.84 Å². The number of nitrogens with one attached hydrogen (secondary N) is 1. The summed E-state index contributed by atoms with van der Waals surface area (Å²) in [5.41, 5.74) is 0. The molecule has 0 aliphatic carbocycles. The summed E-state index contributed by atoms with van der Waals surface area (Å²) in [4.78, 5) is 0.